The predicted molar refractivity (Wildman–Crippen MR) is 74.1 cm³/mol. The maximum atomic E-state index is 12.0. The monoisotopic (exact) mass is 287 g/mol. The van der Waals surface area contributed by atoms with Gasteiger partial charge >= 0.3 is 0 Å². The number of nitrogens with one attached hydrogen (secondary N) is 2. The van der Waals surface area contributed by atoms with Crippen LogP contribution in [0.2, 0.25) is 0 Å². The van der Waals surface area contributed by atoms with E-state index in [4.69, 9.17) is 5.73 Å². The number of nitrogens with two attached hydrogens (primary N) is 1. The van der Waals surface area contributed by atoms with Gasteiger partial charge in [-0.15, -0.1) is 21.5 Å². The number of rotatable bonds is 3. The summed E-state index contributed by atoms with van der Waals surface area (Å²) in [5.41, 5.74) is 7.15. The number of H-pyrrole nitrogens is 1. The minimum atomic E-state index is -0.316. The molecule has 9 heteroatoms. The Bertz CT molecular complexity index is 737. The third-order valence-corrected chi connectivity index (χ3v) is 3.15. The van der Waals surface area contributed by atoms with Gasteiger partial charge in [-0.05, 0) is 17.3 Å². The number of benzene rings is 1. The summed E-state index contributed by atoms with van der Waals surface area (Å²) in [5.74, 6) is 0.141. The number of nitrogen functional groups attached to an aromatic ring is 1. The number of hydrogen-bond acceptors (Lipinski definition) is 7. The van der Waals surface area contributed by atoms with E-state index in [0.717, 1.165) is 5.56 Å². The molecule has 0 fully saturated rings. The zero-order valence-electron chi connectivity index (χ0n) is 10.1. The number of aromatic amines is 1. The predicted octanol–water partition coefficient (Wildman–Crippen LogP) is 1.16. The van der Waals surface area contributed by atoms with Crippen molar-refractivity contribution in [1.29, 1.82) is 0 Å². The molecule has 0 saturated carbocycles. The quantitative estimate of drug-likeness (QED) is 0.664. The van der Waals surface area contributed by atoms with Crippen LogP contribution < -0.4 is 11.1 Å². The molecule has 8 nitrogen and oxygen atoms in total. The molecule has 0 aliphatic rings. The highest BCUT2D eigenvalue weighted by Crippen LogP contribution is 2.19. The van der Waals surface area contributed by atoms with Crippen LogP contribution in [0.3, 0.4) is 0 Å². The maximum Gasteiger partial charge on any atom is 0.275 e. The molecular weight excluding hydrogens is 278 g/mol. The van der Waals surface area contributed by atoms with Gasteiger partial charge in [0.1, 0.15) is 5.69 Å². The first-order valence-corrected chi connectivity index (χ1v) is 6.46. The number of hydrogen-bond donors (Lipinski definition) is 3. The minimum Gasteiger partial charge on any atom is -0.375 e. The largest absolute Gasteiger partial charge is 0.375 e. The number of carbonyl (C=O) groups excluding carboxylic acids is 1. The first-order valence-electron chi connectivity index (χ1n) is 5.58. The van der Waals surface area contributed by atoms with Gasteiger partial charge in [0.15, 0.2) is 5.13 Å². The van der Waals surface area contributed by atoms with E-state index in [1.807, 2.05) is 6.07 Å². The van der Waals surface area contributed by atoms with Gasteiger partial charge in [-0.2, -0.15) is 5.21 Å². The average molecular weight is 287 g/mol. The van der Waals surface area contributed by atoms with Crippen molar-refractivity contribution < 1.29 is 4.79 Å². The second-order valence-corrected chi connectivity index (χ2v) is 4.73. The maximum absolute atomic E-state index is 12.0. The lowest BCUT2D eigenvalue weighted by Crippen LogP contribution is -2.12. The highest BCUT2D eigenvalue weighted by atomic mass is 32.1. The molecule has 1 amide bonds. The number of amides is 1. The van der Waals surface area contributed by atoms with E-state index in [2.05, 4.69) is 30.9 Å². The fourth-order valence-corrected chi connectivity index (χ4v) is 2.15. The zero-order chi connectivity index (χ0) is 13.9. The molecule has 0 atom stereocenters. The standard InChI is InChI=1S/C11H9N7OS/c12-11-14-8(5-20-11)10(19)13-7-3-1-2-6(4-7)9-15-17-18-16-9/h1-5H,(H2,12,14)(H,13,19)(H,15,16,17,18). The fraction of sp³-hybridized carbons (Fsp3) is 0. The summed E-state index contributed by atoms with van der Waals surface area (Å²) < 4.78 is 0. The van der Waals surface area contributed by atoms with Crippen LogP contribution in [-0.2, 0) is 0 Å². The molecule has 0 spiro atoms. The fourth-order valence-electron chi connectivity index (χ4n) is 1.61. The van der Waals surface area contributed by atoms with E-state index in [9.17, 15) is 4.79 Å². The Morgan fingerprint density at radius 1 is 1.40 bits per heavy atom. The molecule has 3 rings (SSSR count). The van der Waals surface area contributed by atoms with Crippen molar-refractivity contribution in [2.75, 3.05) is 11.1 Å². The Labute approximate surface area is 117 Å². The number of tetrazole rings is 1. The zero-order valence-corrected chi connectivity index (χ0v) is 10.9. The van der Waals surface area contributed by atoms with Gasteiger partial charge in [-0.25, -0.2) is 4.98 Å². The topological polar surface area (TPSA) is 122 Å². The number of aromatic nitrogens is 5. The molecule has 20 heavy (non-hydrogen) atoms. The molecule has 0 aliphatic heterocycles. The third kappa shape index (κ3) is 2.47. The molecule has 2 heterocycles. The van der Waals surface area contributed by atoms with Gasteiger partial charge in [0.05, 0.1) is 0 Å². The highest BCUT2D eigenvalue weighted by molar-refractivity contribution is 7.13. The van der Waals surface area contributed by atoms with Crippen LogP contribution in [-0.4, -0.2) is 31.5 Å². The average Bonchev–Trinajstić information content (AvgIpc) is 3.10. The lowest BCUT2D eigenvalue weighted by Gasteiger charge is -2.04. The summed E-state index contributed by atoms with van der Waals surface area (Å²) in [6.07, 6.45) is 0. The second-order valence-electron chi connectivity index (χ2n) is 3.84. The molecule has 4 N–H and O–H groups in total. The molecule has 1 aromatic carbocycles. The smallest absolute Gasteiger partial charge is 0.275 e. The number of anilines is 2. The third-order valence-electron chi connectivity index (χ3n) is 2.48. The van der Waals surface area contributed by atoms with Crippen molar-refractivity contribution in [1.82, 2.24) is 25.6 Å². The van der Waals surface area contributed by atoms with Crippen LogP contribution in [0.25, 0.3) is 11.4 Å². The Morgan fingerprint density at radius 2 is 2.30 bits per heavy atom. The summed E-state index contributed by atoms with van der Waals surface area (Å²) >= 11 is 1.22. The SMILES string of the molecule is Nc1nc(C(=O)Nc2cccc(-c3nn[nH]n3)c2)cs1. The molecule has 0 radical (unpaired) electrons. The summed E-state index contributed by atoms with van der Waals surface area (Å²) in [6, 6.07) is 7.12. The van der Waals surface area contributed by atoms with Crippen molar-refractivity contribution >= 4 is 28.1 Å². The van der Waals surface area contributed by atoms with Crippen molar-refractivity contribution in [3.05, 3.63) is 35.3 Å². The number of nitrogens with zero attached hydrogens (tertiary/aromatic N) is 4. The number of thiazole rings is 1. The summed E-state index contributed by atoms with van der Waals surface area (Å²) in [5, 5.41) is 18.3. The van der Waals surface area contributed by atoms with Gasteiger partial charge in [0.2, 0.25) is 5.82 Å². The summed E-state index contributed by atoms with van der Waals surface area (Å²) in [7, 11) is 0. The van der Waals surface area contributed by atoms with Crippen LogP contribution in [0.4, 0.5) is 10.8 Å². The molecule has 3 aromatic rings. The molecule has 0 aliphatic carbocycles. The van der Waals surface area contributed by atoms with Gasteiger partial charge in [-0.1, -0.05) is 12.1 Å². The van der Waals surface area contributed by atoms with Crippen LogP contribution >= 0.6 is 11.3 Å². The van der Waals surface area contributed by atoms with Crippen molar-refractivity contribution in [3.8, 4) is 11.4 Å². The lowest BCUT2D eigenvalue weighted by atomic mass is 10.2. The van der Waals surface area contributed by atoms with Crippen molar-refractivity contribution in [2.24, 2.45) is 0 Å². The summed E-state index contributed by atoms with van der Waals surface area (Å²) in [4.78, 5) is 15.9. The molecule has 0 saturated heterocycles. The van der Waals surface area contributed by atoms with E-state index < -0.39 is 0 Å². The molecular formula is C11H9N7OS. The van der Waals surface area contributed by atoms with E-state index in [0.29, 0.717) is 16.6 Å². The van der Waals surface area contributed by atoms with Crippen molar-refractivity contribution in [2.45, 2.75) is 0 Å². The second kappa shape index (κ2) is 5.05. The Hall–Kier alpha value is -2.81. The molecule has 0 unspecified atom stereocenters. The molecule has 100 valence electrons. The number of carbonyl (C=O) groups is 1. The van der Waals surface area contributed by atoms with E-state index in [1.165, 1.54) is 11.3 Å². The molecule has 2 aromatic heterocycles. The van der Waals surface area contributed by atoms with Crippen molar-refractivity contribution in [3.63, 3.8) is 0 Å². The minimum absolute atomic E-state index is 0.289. The normalized spacial score (nSPS) is 10.4. The van der Waals surface area contributed by atoms with Crippen LogP contribution in [0.1, 0.15) is 10.5 Å². The Balaban J connectivity index is 1.81. The van der Waals surface area contributed by atoms with Crippen LogP contribution in [0.5, 0.6) is 0 Å². The van der Waals surface area contributed by atoms with Crippen LogP contribution in [0, 0.1) is 0 Å². The van der Waals surface area contributed by atoms with Gasteiger partial charge in [0.25, 0.3) is 5.91 Å². The van der Waals surface area contributed by atoms with E-state index >= 15 is 0 Å². The van der Waals surface area contributed by atoms with E-state index in [-0.39, 0.29) is 11.6 Å². The first kappa shape index (κ1) is 12.2. The van der Waals surface area contributed by atoms with Gasteiger partial charge < -0.3 is 11.1 Å². The Morgan fingerprint density at radius 3 is 3.00 bits per heavy atom. The highest BCUT2D eigenvalue weighted by Gasteiger charge is 2.11. The first-order chi connectivity index (χ1) is 9.72. The van der Waals surface area contributed by atoms with Gasteiger partial charge in [0, 0.05) is 16.6 Å². The van der Waals surface area contributed by atoms with E-state index in [1.54, 1.807) is 23.6 Å². The lowest BCUT2D eigenvalue weighted by molar-refractivity contribution is 0.102. The summed E-state index contributed by atoms with van der Waals surface area (Å²) in [6.45, 7) is 0. The van der Waals surface area contributed by atoms with Crippen LogP contribution in [0.15, 0.2) is 29.6 Å². The molecule has 0 bridgehead atoms. The van der Waals surface area contributed by atoms with Gasteiger partial charge in [-0.3, -0.25) is 4.79 Å². The Kier molecular flexibility index (Phi) is 3.09.